The third-order valence-electron chi connectivity index (χ3n) is 5.28. The molecule has 0 fully saturated rings. The molecule has 0 atom stereocenters. The molecule has 0 amide bonds. The fourth-order valence-corrected chi connectivity index (χ4v) is 3.49. The van der Waals surface area contributed by atoms with E-state index in [1.54, 1.807) is 0 Å². The van der Waals surface area contributed by atoms with E-state index in [0.717, 1.165) is 13.2 Å². The molecule has 0 N–H and O–H groups in total. The van der Waals surface area contributed by atoms with Crippen LogP contribution in [0.1, 0.15) is 142 Å². The van der Waals surface area contributed by atoms with Crippen molar-refractivity contribution >= 4 is 23.9 Å². The van der Waals surface area contributed by atoms with Crippen LogP contribution in [-0.2, 0) is 4.74 Å². The van der Waals surface area contributed by atoms with Crippen LogP contribution in [0.3, 0.4) is 0 Å². The minimum atomic E-state index is 0. The van der Waals surface area contributed by atoms with E-state index < -0.39 is 0 Å². The Labute approximate surface area is 183 Å². The number of hydrogen-bond donors (Lipinski definition) is 0. The van der Waals surface area contributed by atoms with Gasteiger partial charge in [-0.15, -0.1) is 0 Å². The van der Waals surface area contributed by atoms with Crippen molar-refractivity contribution in [2.45, 2.75) is 142 Å². The molecule has 0 aromatic carbocycles. The van der Waals surface area contributed by atoms with E-state index in [4.69, 9.17) is 4.74 Å². The molecule has 2 radical (unpaired) electrons. The molecule has 0 saturated carbocycles. The Balaban J connectivity index is 0. The first-order chi connectivity index (χ1) is 12.4. The van der Waals surface area contributed by atoms with Crippen molar-refractivity contribution in [3.05, 3.63) is 0 Å². The van der Waals surface area contributed by atoms with Crippen LogP contribution in [0.25, 0.3) is 0 Å². The Bertz CT molecular complexity index is 198. The fourth-order valence-electron chi connectivity index (χ4n) is 3.49. The number of rotatable bonds is 22. The summed E-state index contributed by atoms with van der Waals surface area (Å²) in [6.07, 6.45) is 28.2. The van der Waals surface area contributed by atoms with Gasteiger partial charge in [-0.05, 0) is 12.8 Å². The predicted octanol–water partition coefficient (Wildman–Crippen LogP) is 7.93. The molecular weight excluding hydrogens is 423 g/mol. The van der Waals surface area contributed by atoms with Gasteiger partial charge in [0.05, 0.1) is 0 Å². The Kier molecular flexibility index (Phi) is 31.2. The molecule has 0 aromatic heterocycles. The second-order valence-corrected chi connectivity index (χ2v) is 7.98. The summed E-state index contributed by atoms with van der Waals surface area (Å²) in [5, 5.41) is 0. The third kappa shape index (κ3) is 27.0. The topological polar surface area (TPSA) is 9.23 Å². The van der Waals surface area contributed by atoms with Gasteiger partial charge in [-0.1, -0.05) is 129 Å². The monoisotopic (exact) mass is 476 g/mol. The zero-order valence-corrected chi connectivity index (χ0v) is 22.7. The van der Waals surface area contributed by atoms with Crippen molar-refractivity contribution in [2.75, 3.05) is 13.2 Å². The number of unbranched alkanes of at least 4 members (excludes halogenated alkanes) is 18. The molecule has 0 rings (SSSR count). The molecule has 26 heavy (non-hydrogen) atoms. The van der Waals surface area contributed by atoms with Gasteiger partial charge in [0.15, 0.2) is 0 Å². The van der Waals surface area contributed by atoms with Gasteiger partial charge in [0.2, 0.25) is 0 Å². The Hall–Kier alpha value is 0.759. The Morgan fingerprint density at radius 2 is 0.577 bits per heavy atom. The number of ether oxygens (including phenoxy) is 1. The van der Waals surface area contributed by atoms with Crippen molar-refractivity contribution in [1.82, 2.24) is 0 Å². The van der Waals surface area contributed by atoms with Gasteiger partial charge in [-0.2, -0.15) is 0 Å². The summed E-state index contributed by atoms with van der Waals surface area (Å²) < 4.78 is 5.78. The first-order valence-corrected chi connectivity index (χ1v) is 12.0. The standard InChI is InChI=1S/C24H50O.Sn.2H/c1-3-5-7-9-11-13-15-17-19-21-23-25-24-22-20-18-16-14-12-10-8-6-4-2;;;/h3-24H2,1-2H3;;;. The fraction of sp³-hybridized carbons (Fsp3) is 1.00. The molecule has 0 unspecified atom stereocenters. The van der Waals surface area contributed by atoms with Gasteiger partial charge in [0.1, 0.15) is 0 Å². The van der Waals surface area contributed by atoms with Gasteiger partial charge >= 0.3 is 23.9 Å². The SMILES string of the molecule is CCCCCCCCCCCCOCCCCCCCCCCCC.[SnH2]. The summed E-state index contributed by atoms with van der Waals surface area (Å²) in [5.74, 6) is 0. The quantitative estimate of drug-likeness (QED) is 0.114. The molecule has 0 saturated heterocycles. The maximum atomic E-state index is 5.78. The normalized spacial score (nSPS) is 10.8. The van der Waals surface area contributed by atoms with Crippen molar-refractivity contribution in [3.63, 3.8) is 0 Å². The van der Waals surface area contributed by atoms with Crippen LogP contribution in [0.4, 0.5) is 0 Å². The summed E-state index contributed by atoms with van der Waals surface area (Å²) in [6, 6.07) is 0. The molecule has 0 aliphatic carbocycles. The van der Waals surface area contributed by atoms with E-state index in [-0.39, 0.29) is 23.9 Å². The van der Waals surface area contributed by atoms with Crippen molar-refractivity contribution in [1.29, 1.82) is 0 Å². The molecule has 0 heterocycles. The van der Waals surface area contributed by atoms with Crippen molar-refractivity contribution < 1.29 is 4.74 Å². The summed E-state index contributed by atoms with van der Waals surface area (Å²) in [5.41, 5.74) is 0. The molecule has 0 aliphatic rings. The van der Waals surface area contributed by atoms with Crippen LogP contribution in [0, 0.1) is 0 Å². The zero-order chi connectivity index (χ0) is 18.3. The molecule has 2 heteroatoms. The molecular formula is C24H52OSn. The average Bonchev–Trinajstić information content (AvgIpc) is 2.63. The summed E-state index contributed by atoms with van der Waals surface area (Å²) in [7, 11) is 0. The Morgan fingerprint density at radius 1 is 0.346 bits per heavy atom. The first kappa shape index (κ1) is 29.0. The molecule has 0 aromatic rings. The predicted molar refractivity (Wildman–Crippen MR) is 123 cm³/mol. The van der Waals surface area contributed by atoms with Crippen LogP contribution < -0.4 is 0 Å². The molecule has 158 valence electrons. The maximum absolute atomic E-state index is 5.78. The van der Waals surface area contributed by atoms with Crippen LogP contribution in [-0.4, -0.2) is 37.1 Å². The van der Waals surface area contributed by atoms with Crippen molar-refractivity contribution in [3.8, 4) is 0 Å². The van der Waals surface area contributed by atoms with Crippen LogP contribution in [0.2, 0.25) is 0 Å². The second-order valence-electron chi connectivity index (χ2n) is 7.98. The van der Waals surface area contributed by atoms with E-state index in [0.29, 0.717) is 0 Å². The number of hydrogen-bond acceptors (Lipinski definition) is 1. The van der Waals surface area contributed by atoms with Crippen LogP contribution in [0.5, 0.6) is 0 Å². The van der Waals surface area contributed by atoms with Gasteiger partial charge in [-0.25, -0.2) is 0 Å². The van der Waals surface area contributed by atoms with Gasteiger partial charge < -0.3 is 4.74 Å². The van der Waals surface area contributed by atoms with E-state index in [9.17, 15) is 0 Å². The van der Waals surface area contributed by atoms with E-state index >= 15 is 0 Å². The average molecular weight is 475 g/mol. The zero-order valence-electron chi connectivity index (χ0n) is 18.7. The minimum absolute atomic E-state index is 0. The van der Waals surface area contributed by atoms with Gasteiger partial charge in [0, 0.05) is 13.2 Å². The molecule has 0 spiro atoms. The Morgan fingerprint density at radius 3 is 0.846 bits per heavy atom. The van der Waals surface area contributed by atoms with Crippen LogP contribution >= 0.6 is 0 Å². The second kappa shape index (κ2) is 28.0. The van der Waals surface area contributed by atoms with Gasteiger partial charge in [0.25, 0.3) is 0 Å². The first-order valence-electron chi connectivity index (χ1n) is 12.0. The van der Waals surface area contributed by atoms with Gasteiger partial charge in [-0.3, -0.25) is 0 Å². The summed E-state index contributed by atoms with van der Waals surface area (Å²) in [4.78, 5) is 0. The third-order valence-corrected chi connectivity index (χ3v) is 5.28. The summed E-state index contributed by atoms with van der Waals surface area (Å²) >= 11 is 0. The van der Waals surface area contributed by atoms with E-state index in [1.165, 1.54) is 128 Å². The molecule has 0 aliphatic heterocycles. The van der Waals surface area contributed by atoms with Crippen LogP contribution in [0.15, 0.2) is 0 Å². The van der Waals surface area contributed by atoms with E-state index in [2.05, 4.69) is 13.8 Å². The molecule has 0 bridgehead atoms. The summed E-state index contributed by atoms with van der Waals surface area (Å²) in [6.45, 7) is 6.57. The molecule has 1 nitrogen and oxygen atoms in total. The van der Waals surface area contributed by atoms with E-state index in [1.807, 2.05) is 0 Å². The van der Waals surface area contributed by atoms with Crippen molar-refractivity contribution in [2.24, 2.45) is 0 Å².